The van der Waals surface area contributed by atoms with E-state index in [0.717, 1.165) is 51.4 Å². The van der Waals surface area contributed by atoms with Crippen LogP contribution in [-0.2, 0) is 19.0 Å². The van der Waals surface area contributed by atoms with Crippen molar-refractivity contribution in [2.45, 2.75) is 94.6 Å². The smallest absolute Gasteiger partial charge is 0.306 e. The lowest BCUT2D eigenvalue weighted by atomic mass is 9.99. The fourth-order valence-electron chi connectivity index (χ4n) is 3.37. The Morgan fingerprint density at radius 3 is 2.31 bits per heavy atom. The SMILES string of the molecule is O=C1CCC(CCCCCCCCOC2OC(CO)C(O)C(O)C2O)O1. The monoisotopic (exact) mass is 376 g/mol. The van der Waals surface area contributed by atoms with Gasteiger partial charge in [0.15, 0.2) is 6.29 Å². The lowest BCUT2D eigenvalue weighted by Gasteiger charge is -2.39. The molecule has 6 atom stereocenters. The molecule has 2 heterocycles. The minimum Gasteiger partial charge on any atom is -0.462 e. The maximum atomic E-state index is 11.0. The van der Waals surface area contributed by atoms with Crippen molar-refractivity contribution in [2.75, 3.05) is 13.2 Å². The molecule has 6 unspecified atom stereocenters. The molecule has 0 aromatic rings. The van der Waals surface area contributed by atoms with Gasteiger partial charge < -0.3 is 34.6 Å². The summed E-state index contributed by atoms with van der Waals surface area (Å²) in [6.07, 6.45) is 2.56. The number of carbonyl (C=O) groups excluding carboxylic acids is 1. The number of esters is 1. The predicted octanol–water partition coefficient (Wildman–Crippen LogP) is 0.239. The Bertz CT molecular complexity index is 416. The number of unbranched alkanes of at least 4 members (excludes halogenated alkanes) is 5. The van der Waals surface area contributed by atoms with Crippen LogP contribution in [-0.4, -0.2) is 76.4 Å². The van der Waals surface area contributed by atoms with Gasteiger partial charge in [0.2, 0.25) is 0 Å². The third-order valence-electron chi connectivity index (χ3n) is 5.02. The Kier molecular flexibility index (Phi) is 9.24. The second-order valence-electron chi connectivity index (χ2n) is 7.13. The van der Waals surface area contributed by atoms with Crippen molar-refractivity contribution in [2.24, 2.45) is 0 Å². The van der Waals surface area contributed by atoms with Crippen molar-refractivity contribution in [3.63, 3.8) is 0 Å². The van der Waals surface area contributed by atoms with E-state index in [1.807, 2.05) is 0 Å². The van der Waals surface area contributed by atoms with Gasteiger partial charge in [-0.1, -0.05) is 25.7 Å². The Morgan fingerprint density at radius 2 is 1.65 bits per heavy atom. The summed E-state index contributed by atoms with van der Waals surface area (Å²) >= 11 is 0. The first-order chi connectivity index (χ1) is 12.5. The van der Waals surface area contributed by atoms with Gasteiger partial charge in [0.1, 0.15) is 30.5 Å². The van der Waals surface area contributed by atoms with Crippen molar-refractivity contribution in [3.8, 4) is 0 Å². The average Bonchev–Trinajstić information content (AvgIpc) is 3.05. The molecule has 0 radical (unpaired) electrons. The van der Waals surface area contributed by atoms with Gasteiger partial charge in [-0.3, -0.25) is 4.79 Å². The van der Waals surface area contributed by atoms with Crippen LogP contribution in [0.15, 0.2) is 0 Å². The zero-order chi connectivity index (χ0) is 18.9. The Labute approximate surface area is 154 Å². The van der Waals surface area contributed by atoms with Crippen molar-refractivity contribution >= 4 is 5.97 Å². The molecule has 26 heavy (non-hydrogen) atoms. The molecule has 0 spiro atoms. The van der Waals surface area contributed by atoms with E-state index in [0.29, 0.717) is 13.0 Å². The molecule has 2 fully saturated rings. The van der Waals surface area contributed by atoms with Crippen LogP contribution in [0.25, 0.3) is 0 Å². The van der Waals surface area contributed by atoms with E-state index in [1.165, 1.54) is 0 Å². The number of hydrogen-bond donors (Lipinski definition) is 4. The molecule has 2 aliphatic rings. The molecule has 2 rings (SSSR count). The second kappa shape index (κ2) is 11.2. The van der Waals surface area contributed by atoms with Gasteiger partial charge in [0.25, 0.3) is 0 Å². The normalized spacial score (nSPS) is 34.8. The Hall–Kier alpha value is -0.770. The lowest BCUT2D eigenvalue weighted by Crippen LogP contribution is -2.59. The molecular formula is C18H32O8. The van der Waals surface area contributed by atoms with Crippen LogP contribution in [0.5, 0.6) is 0 Å². The molecule has 8 heteroatoms. The maximum absolute atomic E-state index is 11.0. The summed E-state index contributed by atoms with van der Waals surface area (Å²) in [5.74, 6) is -0.0746. The van der Waals surface area contributed by atoms with E-state index in [1.54, 1.807) is 0 Å². The molecule has 4 N–H and O–H groups in total. The van der Waals surface area contributed by atoms with Crippen LogP contribution in [0.3, 0.4) is 0 Å². The fourth-order valence-corrected chi connectivity index (χ4v) is 3.37. The molecule has 0 aromatic carbocycles. The van der Waals surface area contributed by atoms with E-state index in [9.17, 15) is 20.1 Å². The third kappa shape index (κ3) is 6.44. The average molecular weight is 376 g/mol. The van der Waals surface area contributed by atoms with Gasteiger partial charge in [-0.25, -0.2) is 0 Å². The highest BCUT2D eigenvalue weighted by Gasteiger charge is 2.43. The topological polar surface area (TPSA) is 126 Å². The van der Waals surface area contributed by atoms with Gasteiger partial charge in [0.05, 0.1) is 6.61 Å². The molecule has 2 saturated heterocycles. The number of ether oxygens (including phenoxy) is 3. The number of aliphatic hydroxyl groups excluding tert-OH is 4. The first-order valence-corrected chi connectivity index (χ1v) is 9.64. The van der Waals surface area contributed by atoms with Gasteiger partial charge in [-0.15, -0.1) is 0 Å². The first kappa shape index (κ1) is 21.5. The van der Waals surface area contributed by atoms with Crippen LogP contribution in [0.1, 0.15) is 57.8 Å². The van der Waals surface area contributed by atoms with E-state index in [-0.39, 0.29) is 12.1 Å². The number of hydrogen-bond acceptors (Lipinski definition) is 8. The minimum absolute atomic E-state index is 0.0746. The first-order valence-electron chi connectivity index (χ1n) is 9.64. The van der Waals surface area contributed by atoms with Crippen molar-refractivity contribution in [3.05, 3.63) is 0 Å². The van der Waals surface area contributed by atoms with Crippen molar-refractivity contribution in [1.29, 1.82) is 0 Å². The van der Waals surface area contributed by atoms with E-state index in [4.69, 9.17) is 19.3 Å². The highest BCUT2D eigenvalue weighted by atomic mass is 16.7. The highest BCUT2D eigenvalue weighted by molar-refractivity contribution is 5.71. The Morgan fingerprint density at radius 1 is 0.962 bits per heavy atom. The number of cyclic esters (lactones) is 1. The van der Waals surface area contributed by atoms with Crippen LogP contribution >= 0.6 is 0 Å². The number of carbonyl (C=O) groups is 1. The van der Waals surface area contributed by atoms with Crippen molar-refractivity contribution in [1.82, 2.24) is 0 Å². The van der Waals surface area contributed by atoms with Gasteiger partial charge >= 0.3 is 5.97 Å². The van der Waals surface area contributed by atoms with Crippen LogP contribution in [0, 0.1) is 0 Å². The van der Waals surface area contributed by atoms with E-state index >= 15 is 0 Å². The molecule has 0 saturated carbocycles. The zero-order valence-electron chi connectivity index (χ0n) is 15.2. The van der Waals surface area contributed by atoms with Gasteiger partial charge in [0, 0.05) is 13.0 Å². The summed E-state index contributed by atoms with van der Waals surface area (Å²) in [6, 6.07) is 0. The maximum Gasteiger partial charge on any atom is 0.306 e. The van der Waals surface area contributed by atoms with Crippen LogP contribution in [0.2, 0.25) is 0 Å². The number of aliphatic hydroxyl groups is 4. The fraction of sp³-hybridized carbons (Fsp3) is 0.944. The second-order valence-corrected chi connectivity index (χ2v) is 7.13. The number of rotatable bonds is 11. The molecule has 0 amide bonds. The molecule has 0 aliphatic carbocycles. The molecule has 0 aromatic heterocycles. The molecular weight excluding hydrogens is 344 g/mol. The van der Waals surface area contributed by atoms with E-state index < -0.39 is 37.3 Å². The molecule has 152 valence electrons. The molecule has 8 nitrogen and oxygen atoms in total. The lowest BCUT2D eigenvalue weighted by molar-refractivity contribution is -0.301. The largest absolute Gasteiger partial charge is 0.462 e. The summed E-state index contributed by atoms with van der Waals surface area (Å²) in [5, 5.41) is 38.4. The quantitative estimate of drug-likeness (QED) is 0.298. The summed E-state index contributed by atoms with van der Waals surface area (Å²) in [4.78, 5) is 11.0. The predicted molar refractivity (Wildman–Crippen MR) is 91.2 cm³/mol. The summed E-state index contributed by atoms with van der Waals surface area (Å²) < 4.78 is 15.9. The van der Waals surface area contributed by atoms with E-state index in [2.05, 4.69) is 0 Å². The molecule has 2 aliphatic heterocycles. The molecule has 0 bridgehead atoms. The standard InChI is InChI=1S/C18H32O8/c19-11-13-15(21)16(22)17(23)18(26-13)24-10-6-4-2-1-3-5-7-12-8-9-14(20)25-12/h12-13,15-19,21-23H,1-11H2. The Balaban J connectivity index is 1.46. The van der Waals surface area contributed by atoms with Crippen LogP contribution in [0.4, 0.5) is 0 Å². The highest BCUT2D eigenvalue weighted by Crippen LogP contribution is 2.22. The summed E-state index contributed by atoms with van der Waals surface area (Å²) in [6.45, 7) is -0.0778. The van der Waals surface area contributed by atoms with Crippen LogP contribution < -0.4 is 0 Å². The van der Waals surface area contributed by atoms with Gasteiger partial charge in [-0.05, 0) is 25.7 Å². The van der Waals surface area contributed by atoms with Gasteiger partial charge in [-0.2, -0.15) is 0 Å². The third-order valence-corrected chi connectivity index (χ3v) is 5.02. The zero-order valence-corrected chi connectivity index (χ0v) is 15.2. The minimum atomic E-state index is -1.40. The summed E-state index contributed by atoms with van der Waals surface area (Å²) in [5.41, 5.74) is 0. The van der Waals surface area contributed by atoms with Crippen molar-refractivity contribution < 1.29 is 39.4 Å². The summed E-state index contributed by atoms with van der Waals surface area (Å²) in [7, 11) is 0.